The van der Waals surface area contributed by atoms with Gasteiger partial charge in [-0.05, 0) is 62.3 Å². The Kier molecular flexibility index (Phi) is 4.04. The number of hydrogen-bond acceptors (Lipinski definition) is 2. The fourth-order valence-electron chi connectivity index (χ4n) is 3.62. The Morgan fingerprint density at radius 2 is 1.70 bits per heavy atom. The van der Waals surface area contributed by atoms with E-state index in [4.69, 9.17) is 0 Å². The van der Waals surface area contributed by atoms with Crippen LogP contribution in [0.3, 0.4) is 0 Å². The van der Waals surface area contributed by atoms with Crippen LogP contribution in [0.4, 0.5) is 0 Å². The highest BCUT2D eigenvalue weighted by Gasteiger charge is 2.27. The van der Waals surface area contributed by atoms with Crippen molar-refractivity contribution in [3.05, 3.63) is 48.0 Å². The largest absolute Gasteiger partial charge is 0.317 e. The van der Waals surface area contributed by atoms with E-state index in [1.54, 1.807) is 0 Å². The third-order valence-electron chi connectivity index (χ3n) is 4.53. The zero-order valence-corrected chi connectivity index (χ0v) is 12.5. The van der Waals surface area contributed by atoms with Crippen molar-refractivity contribution in [3.63, 3.8) is 0 Å². The molecule has 1 saturated heterocycles. The molecular formula is C18H24N2. The Bertz CT molecular complexity index is 565. The van der Waals surface area contributed by atoms with E-state index < -0.39 is 0 Å². The van der Waals surface area contributed by atoms with Gasteiger partial charge in [-0.1, -0.05) is 42.5 Å². The molecule has 0 aliphatic carbocycles. The first-order valence-corrected chi connectivity index (χ1v) is 7.62. The topological polar surface area (TPSA) is 15.3 Å². The zero-order valence-electron chi connectivity index (χ0n) is 12.5. The molecule has 1 N–H and O–H groups in total. The molecule has 0 amide bonds. The molecule has 2 aromatic carbocycles. The molecule has 0 aromatic heterocycles. The molecule has 0 saturated carbocycles. The summed E-state index contributed by atoms with van der Waals surface area (Å²) in [6, 6.07) is 16.0. The Morgan fingerprint density at radius 1 is 1.00 bits per heavy atom. The molecule has 1 fully saturated rings. The lowest BCUT2D eigenvalue weighted by Crippen LogP contribution is -2.36. The lowest BCUT2D eigenvalue weighted by atomic mass is 9.83. The zero-order chi connectivity index (χ0) is 13.9. The Labute approximate surface area is 121 Å². The number of hydrogen-bond donors (Lipinski definition) is 1. The number of piperidine rings is 1. The minimum atomic E-state index is 0.517. The first kappa shape index (κ1) is 13.6. The average molecular weight is 268 g/mol. The van der Waals surface area contributed by atoms with E-state index in [0.717, 1.165) is 19.0 Å². The molecule has 1 atom stereocenters. The summed E-state index contributed by atoms with van der Waals surface area (Å²) in [6.07, 6.45) is 2.54. The predicted octanol–water partition coefficient (Wildman–Crippen LogP) is 3.44. The molecule has 0 radical (unpaired) electrons. The maximum absolute atomic E-state index is 3.48. The van der Waals surface area contributed by atoms with Crippen LogP contribution in [-0.2, 0) is 0 Å². The summed E-state index contributed by atoms with van der Waals surface area (Å²) in [5, 5.41) is 6.24. The highest BCUT2D eigenvalue weighted by molar-refractivity contribution is 5.86. The molecule has 2 heteroatoms. The van der Waals surface area contributed by atoms with Crippen molar-refractivity contribution in [3.8, 4) is 0 Å². The quantitative estimate of drug-likeness (QED) is 0.917. The monoisotopic (exact) mass is 268 g/mol. The van der Waals surface area contributed by atoms with Crippen LogP contribution < -0.4 is 5.32 Å². The van der Waals surface area contributed by atoms with Gasteiger partial charge in [-0.15, -0.1) is 0 Å². The number of fused-ring (bicyclic) bond motifs is 1. The first-order valence-electron chi connectivity index (χ1n) is 7.62. The van der Waals surface area contributed by atoms with Crippen LogP contribution in [0.25, 0.3) is 10.8 Å². The van der Waals surface area contributed by atoms with Crippen LogP contribution in [0.1, 0.15) is 24.4 Å². The summed E-state index contributed by atoms with van der Waals surface area (Å²) in [5.74, 6) is 0.747. The fraction of sp³-hybridized carbons (Fsp3) is 0.444. The smallest absolute Gasteiger partial charge is 0.0377 e. The van der Waals surface area contributed by atoms with E-state index in [2.05, 4.69) is 66.8 Å². The summed E-state index contributed by atoms with van der Waals surface area (Å²) in [6.45, 7) is 2.31. The van der Waals surface area contributed by atoms with E-state index in [-0.39, 0.29) is 0 Å². The molecule has 106 valence electrons. The summed E-state index contributed by atoms with van der Waals surface area (Å²) in [4.78, 5) is 2.40. The Hall–Kier alpha value is -1.38. The SMILES string of the molecule is CN(C)C(c1cccc2ccccc12)C1CCNCC1. The van der Waals surface area contributed by atoms with Crippen molar-refractivity contribution in [2.24, 2.45) is 5.92 Å². The second-order valence-corrected chi connectivity index (χ2v) is 6.06. The van der Waals surface area contributed by atoms with Crippen molar-refractivity contribution in [2.45, 2.75) is 18.9 Å². The number of nitrogens with zero attached hydrogens (tertiary/aromatic N) is 1. The number of benzene rings is 2. The van der Waals surface area contributed by atoms with E-state index in [9.17, 15) is 0 Å². The third kappa shape index (κ3) is 2.58. The van der Waals surface area contributed by atoms with Crippen molar-refractivity contribution in [2.75, 3.05) is 27.2 Å². The number of rotatable bonds is 3. The Balaban J connectivity index is 2.05. The average Bonchev–Trinajstić information content (AvgIpc) is 2.48. The molecule has 1 aliphatic heterocycles. The van der Waals surface area contributed by atoms with E-state index in [0.29, 0.717) is 6.04 Å². The van der Waals surface area contributed by atoms with Crippen molar-refractivity contribution in [1.29, 1.82) is 0 Å². The maximum Gasteiger partial charge on any atom is 0.0377 e. The predicted molar refractivity (Wildman–Crippen MR) is 86.0 cm³/mol. The van der Waals surface area contributed by atoms with Gasteiger partial charge in [0.15, 0.2) is 0 Å². The molecule has 1 aliphatic rings. The molecule has 3 rings (SSSR count). The van der Waals surface area contributed by atoms with Gasteiger partial charge in [-0.3, -0.25) is 0 Å². The van der Waals surface area contributed by atoms with E-state index in [1.165, 1.54) is 29.2 Å². The lowest BCUT2D eigenvalue weighted by Gasteiger charge is -2.36. The standard InChI is InChI=1S/C18H24N2/c1-20(2)18(15-10-12-19-13-11-15)17-9-5-7-14-6-3-4-8-16(14)17/h3-9,15,18-19H,10-13H2,1-2H3. The summed E-state index contributed by atoms with van der Waals surface area (Å²) in [5.41, 5.74) is 1.49. The highest BCUT2D eigenvalue weighted by Crippen LogP contribution is 2.36. The van der Waals surface area contributed by atoms with E-state index in [1.807, 2.05) is 0 Å². The van der Waals surface area contributed by atoms with Crippen LogP contribution in [0.15, 0.2) is 42.5 Å². The minimum absolute atomic E-state index is 0.517. The molecule has 1 heterocycles. The molecule has 0 spiro atoms. The second-order valence-electron chi connectivity index (χ2n) is 6.06. The molecular weight excluding hydrogens is 244 g/mol. The summed E-state index contributed by atoms with van der Waals surface area (Å²) < 4.78 is 0. The molecule has 1 unspecified atom stereocenters. The second kappa shape index (κ2) is 5.94. The van der Waals surface area contributed by atoms with Gasteiger partial charge in [0, 0.05) is 6.04 Å². The van der Waals surface area contributed by atoms with Gasteiger partial charge in [0.2, 0.25) is 0 Å². The number of nitrogens with one attached hydrogen (secondary N) is 1. The molecule has 20 heavy (non-hydrogen) atoms. The summed E-state index contributed by atoms with van der Waals surface area (Å²) >= 11 is 0. The summed E-state index contributed by atoms with van der Waals surface area (Å²) in [7, 11) is 4.43. The lowest BCUT2D eigenvalue weighted by molar-refractivity contribution is 0.179. The van der Waals surface area contributed by atoms with Gasteiger partial charge in [0.25, 0.3) is 0 Å². The van der Waals surface area contributed by atoms with Gasteiger partial charge < -0.3 is 10.2 Å². The molecule has 2 nitrogen and oxygen atoms in total. The first-order chi connectivity index (χ1) is 9.77. The fourth-order valence-corrected chi connectivity index (χ4v) is 3.62. The van der Waals surface area contributed by atoms with Crippen molar-refractivity contribution >= 4 is 10.8 Å². The molecule has 2 aromatic rings. The van der Waals surface area contributed by atoms with Gasteiger partial charge in [0.05, 0.1) is 0 Å². The van der Waals surface area contributed by atoms with Crippen LogP contribution >= 0.6 is 0 Å². The van der Waals surface area contributed by atoms with Crippen molar-refractivity contribution in [1.82, 2.24) is 10.2 Å². The van der Waals surface area contributed by atoms with Crippen LogP contribution in [0.2, 0.25) is 0 Å². The van der Waals surface area contributed by atoms with Gasteiger partial charge >= 0.3 is 0 Å². The molecule has 0 bridgehead atoms. The van der Waals surface area contributed by atoms with E-state index >= 15 is 0 Å². The van der Waals surface area contributed by atoms with Gasteiger partial charge in [-0.2, -0.15) is 0 Å². The normalized spacial score (nSPS) is 18.6. The Morgan fingerprint density at radius 3 is 2.45 bits per heavy atom. The van der Waals surface area contributed by atoms with Crippen LogP contribution in [-0.4, -0.2) is 32.1 Å². The van der Waals surface area contributed by atoms with Crippen LogP contribution in [0, 0.1) is 5.92 Å². The third-order valence-corrected chi connectivity index (χ3v) is 4.53. The highest BCUT2D eigenvalue weighted by atomic mass is 15.1. The van der Waals surface area contributed by atoms with Gasteiger partial charge in [0.1, 0.15) is 0 Å². The van der Waals surface area contributed by atoms with Gasteiger partial charge in [-0.25, -0.2) is 0 Å². The van der Waals surface area contributed by atoms with Crippen LogP contribution in [0.5, 0.6) is 0 Å². The van der Waals surface area contributed by atoms with Crippen molar-refractivity contribution < 1.29 is 0 Å². The maximum atomic E-state index is 3.48. The minimum Gasteiger partial charge on any atom is -0.317 e.